The molecule has 0 spiro atoms. The van der Waals surface area contributed by atoms with Crippen molar-refractivity contribution in [1.29, 1.82) is 0 Å². The van der Waals surface area contributed by atoms with Crippen LogP contribution in [0, 0.1) is 6.92 Å². The van der Waals surface area contributed by atoms with E-state index in [1.54, 1.807) is 23.7 Å². The van der Waals surface area contributed by atoms with Crippen LogP contribution in [-0.2, 0) is 13.0 Å². The fourth-order valence-corrected chi connectivity index (χ4v) is 3.46. The zero-order valence-corrected chi connectivity index (χ0v) is 15.0. The molecule has 0 fully saturated rings. The summed E-state index contributed by atoms with van der Waals surface area (Å²) in [5, 5.41) is 2.93. The molecule has 4 nitrogen and oxygen atoms in total. The number of amides is 2. The maximum atomic E-state index is 12.7. The molecule has 0 aliphatic heterocycles. The van der Waals surface area contributed by atoms with Crippen molar-refractivity contribution in [3.63, 3.8) is 0 Å². The number of nitrogens with zero attached hydrogens (tertiary/aromatic N) is 2. The number of carbonyl (C=O) groups excluding carboxylic acids is 1. The third-order valence-corrected chi connectivity index (χ3v) is 4.84. The second-order valence-electron chi connectivity index (χ2n) is 5.84. The zero-order chi connectivity index (χ0) is 17.5. The first-order valence-corrected chi connectivity index (χ1v) is 9.07. The van der Waals surface area contributed by atoms with Crippen molar-refractivity contribution in [3.05, 3.63) is 82.3 Å². The molecule has 3 rings (SSSR count). The van der Waals surface area contributed by atoms with Gasteiger partial charge in [-0.2, -0.15) is 0 Å². The summed E-state index contributed by atoms with van der Waals surface area (Å²) in [5.74, 6) is 0. The van der Waals surface area contributed by atoms with Crippen LogP contribution in [0.25, 0.3) is 0 Å². The highest BCUT2D eigenvalue weighted by Gasteiger charge is 2.15. The third kappa shape index (κ3) is 5.16. The Morgan fingerprint density at radius 1 is 1.12 bits per heavy atom. The lowest BCUT2D eigenvalue weighted by atomic mass is 10.1. The van der Waals surface area contributed by atoms with Gasteiger partial charge in [-0.05, 0) is 43.2 Å². The second kappa shape index (κ2) is 8.44. The van der Waals surface area contributed by atoms with Gasteiger partial charge in [-0.15, -0.1) is 11.3 Å². The van der Waals surface area contributed by atoms with Crippen molar-refractivity contribution in [3.8, 4) is 0 Å². The molecule has 1 aromatic carbocycles. The summed E-state index contributed by atoms with van der Waals surface area (Å²) >= 11 is 1.73. The predicted octanol–water partition coefficient (Wildman–Crippen LogP) is 4.73. The average Bonchev–Trinajstić information content (AvgIpc) is 3.05. The van der Waals surface area contributed by atoms with E-state index < -0.39 is 0 Å². The minimum atomic E-state index is -0.102. The lowest BCUT2D eigenvalue weighted by Gasteiger charge is -2.22. The molecule has 3 aromatic rings. The lowest BCUT2D eigenvalue weighted by Crippen LogP contribution is -2.35. The average molecular weight is 351 g/mol. The van der Waals surface area contributed by atoms with Gasteiger partial charge in [0, 0.05) is 22.5 Å². The first-order valence-electron chi connectivity index (χ1n) is 8.26. The number of nitrogens with one attached hydrogen (secondary N) is 1. The van der Waals surface area contributed by atoms with Crippen molar-refractivity contribution >= 4 is 23.1 Å². The van der Waals surface area contributed by atoms with Crippen LogP contribution in [0.1, 0.15) is 15.3 Å². The van der Waals surface area contributed by atoms with Gasteiger partial charge in [-0.25, -0.2) is 4.79 Å². The summed E-state index contributed by atoms with van der Waals surface area (Å²) in [7, 11) is 0. The molecule has 128 valence electrons. The Hall–Kier alpha value is -2.66. The molecule has 2 amide bonds. The Labute approximate surface area is 152 Å². The topological polar surface area (TPSA) is 45.2 Å². The number of pyridine rings is 1. The Morgan fingerprint density at radius 2 is 1.96 bits per heavy atom. The summed E-state index contributed by atoms with van der Waals surface area (Å²) < 4.78 is 0. The van der Waals surface area contributed by atoms with Crippen molar-refractivity contribution < 1.29 is 4.79 Å². The molecule has 0 aliphatic carbocycles. The molecule has 2 aromatic heterocycles. The Balaban J connectivity index is 1.69. The van der Waals surface area contributed by atoms with E-state index in [2.05, 4.69) is 41.5 Å². The van der Waals surface area contributed by atoms with Crippen LogP contribution in [0.2, 0.25) is 0 Å². The highest BCUT2D eigenvalue weighted by Crippen LogP contribution is 2.18. The van der Waals surface area contributed by atoms with Crippen LogP contribution in [-0.4, -0.2) is 22.5 Å². The van der Waals surface area contributed by atoms with Crippen LogP contribution in [0.4, 0.5) is 10.5 Å². The van der Waals surface area contributed by atoms with Gasteiger partial charge in [0.05, 0.1) is 18.4 Å². The maximum absolute atomic E-state index is 12.7. The van der Waals surface area contributed by atoms with Gasteiger partial charge in [-0.1, -0.05) is 30.3 Å². The minimum Gasteiger partial charge on any atom is -0.319 e. The maximum Gasteiger partial charge on any atom is 0.322 e. The van der Waals surface area contributed by atoms with Crippen molar-refractivity contribution in [2.24, 2.45) is 0 Å². The van der Waals surface area contributed by atoms with E-state index >= 15 is 0 Å². The first kappa shape index (κ1) is 17.2. The van der Waals surface area contributed by atoms with Gasteiger partial charge in [0.15, 0.2) is 0 Å². The van der Waals surface area contributed by atoms with Crippen LogP contribution in [0.5, 0.6) is 0 Å². The van der Waals surface area contributed by atoms with E-state index in [0.717, 1.165) is 6.42 Å². The second-order valence-corrected chi connectivity index (χ2v) is 7.21. The number of hydrogen-bond donors (Lipinski definition) is 1. The summed E-state index contributed by atoms with van der Waals surface area (Å²) in [5.41, 5.74) is 1.93. The molecule has 0 unspecified atom stereocenters. The SMILES string of the molecule is Cc1ccc(CN(CCc2ccccc2)C(=O)Nc2cccnc2)s1. The van der Waals surface area contributed by atoms with E-state index in [9.17, 15) is 4.79 Å². The number of rotatable bonds is 6. The number of hydrogen-bond acceptors (Lipinski definition) is 3. The highest BCUT2D eigenvalue weighted by molar-refractivity contribution is 7.11. The first-order chi connectivity index (χ1) is 12.2. The molecule has 0 bridgehead atoms. The smallest absolute Gasteiger partial charge is 0.319 e. The lowest BCUT2D eigenvalue weighted by molar-refractivity contribution is 0.210. The molecular weight excluding hydrogens is 330 g/mol. The molecule has 0 radical (unpaired) electrons. The summed E-state index contributed by atoms with van der Waals surface area (Å²) in [6, 6.07) is 18.0. The van der Waals surface area contributed by atoms with Crippen molar-refractivity contribution in [1.82, 2.24) is 9.88 Å². The summed E-state index contributed by atoms with van der Waals surface area (Å²) in [6.45, 7) is 3.35. The number of urea groups is 1. The van der Waals surface area contributed by atoms with Gasteiger partial charge in [-0.3, -0.25) is 4.98 Å². The van der Waals surface area contributed by atoms with E-state index in [4.69, 9.17) is 0 Å². The van der Waals surface area contributed by atoms with Gasteiger partial charge < -0.3 is 10.2 Å². The molecule has 0 aliphatic rings. The number of carbonyl (C=O) groups is 1. The summed E-state index contributed by atoms with van der Waals surface area (Å²) in [4.78, 5) is 21.1. The monoisotopic (exact) mass is 351 g/mol. The fourth-order valence-electron chi connectivity index (χ4n) is 2.56. The van der Waals surface area contributed by atoms with Gasteiger partial charge in [0.1, 0.15) is 0 Å². The summed E-state index contributed by atoms with van der Waals surface area (Å²) in [6.07, 6.45) is 4.17. The van der Waals surface area contributed by atoms with Crippen LogP contribution < -0.4 is 5.32 Å². The van der Waals surface area contributed by atoms with Crippen LogP contribution >= 0.6 is 11.3 Å². The van der Waals surface area contributed by atoms with E-state index in [1.165, 1.54) is 15.3 Å². The van der Waals surface area contributed by atoms with E-state index in [1.807, 2.05) is 35.2 Å². The Morgan fingerprint density at radius 3 is 2.64 bits per heavy atom. The third-order valence-electron chi connectivity index (χ3n) is 3.86. The number of anilines is 1. The molecule has 1 N–H and O–H groups in total. The number of thiophene rings is 1. The number of aryl methyl sites for hydroxylation is 1. The quantitative estimate of drug-likeness (QED) is 0.698. The minimum absolute atomic E-state index is 0.102. The molecular formula is C20H21N3OS. The van der Waals surface area contributed by atoms with Gasteiger partial charge in [0.25, 0.3) is 0 Å². The van der Waals surface area contributed by atoms with Gasteiger partial charge in [0.2, 0.25) is 0 Å². The molecule has 2 heterocycles. The van der Waals surface area contributed by atoms with Gasteiger partial charge >= 0.3 is 6.03 Å². The number of aromatic nitrogens is 1. The fraction of sp³-hybridized carbons (Fsp3) is 0.200. The van der Waals surface area contributed by atoms with Crippen LogP contribution in [0.15, 0.2) is 67.0 Å². The molecule has 5 heteroatoms. The molecule has 0 saturated heterocycles. The Bertz CT molecular complexity index is 802. The zero-order valence-electron chi connectivity index (χ0n) is 14.2. The highest BCUT2D eigenvalue weighted by atomic mass is 32.1. The molecule has 0 saturated carbocycles. The number of benzene rings is 1. The Kier molecular flexibility index (Phi) is 5.80. The van der Waals surface area contributed by atoms with Crippen LogP contribution in [0.3, 0.4) is 0 Å². The standard InChI is InChI=1S/C20H21N3OS/c1-16-9-10-19(25-16)15-23(13-11-17-6-3-2-4-7-17)20(24)22-18-8-5-12-21-14-18/h2-10,12,14H,11,13,15H2,1H3,(H,22,24). The molecule has 0 atom stereocenters. The van der Waals surface area contributed by atoms with E-state index in [-0.39, 0.29) is 6.03 Å². The van der Waals surface area contributed by atoms with E-state index in [0.29, 0.717) is 18.8 Å². The largest absolute Gasteiger partial charge is 0.322 e. The predicted molar refractivity (Wildman–Crippen MR) is 103 cm³/mol. The van der Waals surface area contributed by atoms with Crippen molar-refractivity contribution in [2.75, 3.05) is 11.9 Å². The normalized spacial score (nSPS) is 10.4. The molecule has 25 heavy (non-hydrogen) atoms. The van der Waals surface area contributed by atoms with Crippen molar-refractivity contribution in [2.45, 2.75) is 19.9 Å².